The van der Waals surface area contributed by atoms with Gasteiger partial charge in [-0.1, -0.05) is 0 Å². The van der Waals surface area contributed by atoms with Crippen LogP contribution in [0.2, 0.25) is 0 Å². The van der Waals surface area contributed by atoms with Crippen LogP contribution in [0.4, 0.5) is 11.5 Å². The zero-order chi connectivity index (χ0) is 22.1. The van der Waals surface area contributed by atoms with Crippen molar-refractivity contribution in [3.8, 4) is 11.4 Å². The summed E-state index contributed by atoms with van der Waals surface area (Å²) in [5, 5.41) is 0. The number of rotatable bonds is 3. The smallest absolute Gasteiger partial charge is 0.255 e. The van der Waals surface area contributed by atoms with Crippen molar-refractivity contribution in [1.82, 2.24) is 19.9 Å². The van der Waals surface area contributed by atoms with Gasteiger partial charge >= 0.3 is 0 Å². The van der Waals surface area contributed by atoms with E-state index in [1.165, 1.54) is 0 Å². The molecule has 1 fully saturated rings. The number of pyridine rings is 1. The van der Waals surface area contributed by atoms with Gasteiger partial charge in [0.1, 0.15) is 5.82 Å². The minimum atomic E-state index is -0.0299. The molecule has 1 saturated heterocycles. The molecule has 0 aliphatic carbocycles. The maximum Gasteiger partial charge on any atom is 0.255 e. The van der Waals surface area contributed by atoms with Gasteiger partial charge in [0.15, 0.2) is 5.82 Å². The first kappa shape index (κ1) is 20.4. The van der Waals surface area contributed by atoms with Crippen LogP contribution in [-0.4, -0.2) is 58.1 Å². The molecule has 1 atom stereocenters. The highest BCUT2D eigenvalue weighted by molar-refractivity contribution is 5.94. The van der Waals surface area contributed by atoms with Crippen molar-refractivity contribution in [1.29, 1.82) is 0 Å². The average molecular weight is 431 g/mol. The Morgan fingerprint density at radius 2 is 2.00 bits per heavy atom. The number of anilines is 2. The maximum atomic E-state index is 13.0. The molecule has 1 amide bonds. The second kappa shape index (κ2) is 8.55. The van der Waals surface area contributed by atoms with Gasteiger partial charge in [0.25, 0.3) is 5.91 Å². The topological polar surface area (TPSA) is 97.5 Å². The summed E-state index contributed by atoms with van der Waals surface area (Å²) in [6.45, 7) is 5.34. The molecule has 8 nitrogen and oxygen atoms in total. The second-order valence-corrected chi connectivity index (χ2v) is 8.25. The van der Waals surface area contributed by atoms with E-state index in [4.69, 9.17) is 20.4 Å². The lowest BCUT2D eigenvalue weighted by Gasteiger charge is -2.37. The standard InChI is InChI=1S/C24H26N6O2/c1-16-15-32-12-11-30(16)23-20-8-10-29(24(31)18-3-2-9-26-13-18)14-21(20)27-22(28-23)17-4-6-19(25)7-5-17/h2-7,9,13,16H,8,10-12,14-15,25H2,1H3. The minimum Gasteiger partial charge on any atom is -0.399 e. The molecule has 32 heavy (non-hydrogen) atoms. The molecule has 3 aromatic rings. The van der Waals surface area contributed by atoms with Gasteiger partial charge < -0.3 is 20.3 Å². The number of carbonyl (C=O) groups excluding carboxylic acids is 1. The van der Waals surface area contributed by atoms with E-state index >= 15 is 0 Å². The lowest BCUT2D eigenvalue weighted by Crippen LogP contribution is -2.45. The summed E-state index contributed by atoms with van der Waals surface area (Å²) in [7, 11) is 0. The number of hydrogen-bond donors (Lipinski definition) is 1. The number of morpholine rings is 1. The maximum absolute atomic E-state index is 13.0. The molecule has 2 aromatic heterocycles. The summed E-state index contributed by atoms with van der Waals surface area (Å²) in [5.41, 5.74) is 10.1. The highest BCUT2D eigenvalue weighted by Crippen LogP contribution is 2.32. The van der Waals surface area contributed by atoms with Crippen LogP contribution >= 0.6 is 0 Å². The number of nitrogens with two attached hydrogens (primary N) is 1. The quantitative estimate of drug-likeness (QED) is 0.638. The molecule has 2 aliphatic rings. The van der Waals surface area contributed by atoms with Crippen molar-refractivity contribution in [2.24, 2.45) is 0 Å². The summed E-state index contributed by atoms with van der Waals surface area (Å²) in [6, 6.07) is 11.4. The molecule has 0 bridgehead atoms. The number of aromatic nitrogens is 3. The van der Waals surface area contributed by atoms with E-state index in [0.717, 1.165) is 29.2 Å². The van der Waals surface area contributed by atoms with Crippen molar-refractivity contribution in [3.63, 3.8) is 0 Å². The third-order valence-electron chi connectivity index (χ3n) is 6.05. The molecule has 0 radical (unpaired) electrons. The molecule has 2 aliphatic heterocycles. The lowest BCUT2D eigenvalue weighted by atomic mass is 10.0. The van der Waals surface area contributed by atoms with Gasteiger partial charge in [-0.2, -0.15) is 0 Å². The van der Waals surface area contributed by atoms with Crippen LogP contribution in [0.5, 0.6) is 0 Å². The number of amides is 1. The fourth-order valence-electron chi connectivity index (χ4n) is 4.30. The van der Waals surface area contributed by atoms with E-state index < -0.39 is 0 Å². The number of ether oxygens (including phenoxy) is 1. The summed E-state index contributed by atoms with van der Waals surface area (Å²) in [5.74, 6) is 1.57. The molecule has 5 rings (SSSR count). The van der Waals surface area contributed by atoms with E-state index in [1.54, 1.807) is 24.5 Å². The van der Waals surface area contributed by atoms with Gasteiger partial charge in [0.05, 0.1) is 37.1 Å². The van der Waals surface area contributed by atoms with Crippen LogP contribution in [0.3, 0.4) is 0 Å². The molecule has 164 valence electrons. The van der Waals surface area contributed by atoms with Gasteiger partial charge in [0, 0.05) is 42.3 Å². The number of benzene rings is 1. The van der Waals surface area contributed by atoms with Crippen molar-refractivity contribution in [2.45, 2.75) is 25.9 Å². The Morgan fingerprint density at radius 3 is 2.75 bits per heavy atom. The molecule has 1 aromatic carbocycles. The molecule has 2 N–H and O–H groups in total. The van der Waals surface area contributed by atoms with Gasteiger partial charge in [-0.15, -0.1) is 0 Å². The third kappa shape index (κ3) is 3.89. The minimum absolute atomic E-state index is 0.0299. The second-order valence-electron chi connectivity index (χ2n) is 8.25. The van der Waals surface area contributed by atoms with Crippen LogP contribution < -0.4 is 10.6 Å². The zero-order valence-corrected chi connectivity index (χ0v) is 18.1. The Morgan fingerprint density at radius 1 is 1.16 bits per heavy atom. The highest BCUT2D eigenvalue weighted by atomic mass is 16.5. The summed E-state index contributed by atoms with van der Waals surface area (Å²) in [6.07, 6.45) is 3.99. The van der Waals surface area contributed by atoms with Gasteiger partial charge in [-0.25, -0.2) is 9.97 Å². The number of hydrogen-bond acceptors (Lipinski definition) is 7. The van der Waals surface area contributed by atoms with E-state index in [1.807, 2.05) is 29.2 Å². The van der Waals surface area contributed by atoms with Gasteiger partial charge in [-0.05, 0) is 49.7 Å². The van der Waals surface area contributed by atoms with E-state index in [0.29, 0.717) is 49.8 Å². The lowest BCUT2D eigenvalue weighted by molar-refractivity contribution is 0.0731. The first-order valence-electron chi connectivity index (χ1n) is 10.9. The summed E-state index contributed by atoms with van der Waals surface area (Å²) in [4.78, 5) is 31.2. The SMILES string of the molecule is CC1COCCN1c1nc(-c2ccc(N)cc2)nc2c1CCN(C(=O)c1cccnc1)C2. The molecule has 0 saturated carbocycles. The number of fused-ring (bicyclic) bond motifs is 1. The Bertz CT molecular complexity index is 1120. The number of nitrogen functional groups attached to an aromatic ring is 1. The van der Waals surface area contributed by atoms with Crippen molar-refractivity contribution in [2.75, 3.05) is 36.9 Å². The molecule has 4 heterocycles. The normalized spacial score (nSPS) is 18.3. The van der Waals surface area contributed by atoms with E-state index in [9.17, 15) is 4.79 Å². The predicted molar refractivity (Wildman–Crippen MR) is 122 cm³/mol. The Kier molecular flexibility index (Phi) is 5.45. The molecular formula is C24H26N6O2. The Labute approximate surface area is 187 Å². The van der Waals surface area contributed by atoms with E-state index in [2.05, 4.69) is 16.8 Å². The zero-order valence-electron chi connectivity index (χ0n) is 18.1. The third-order valence-corrected chi connectivity index (χ3v) is 6.05. The van der Waals surface area contributed by atoms with Crippen molar-refractivity contribution in [3.05, 3.63) is 65.6 Å². The van der Waals surface area contributed by atoms with Crippen LogP contribution in [0, 0.1) is 0 Å². The summed E-state index contributed by atoms with van der Waals surface area (Å²) >= 11 is 0. The number of carbonyl (C=O) groups is 1. The van der Waals surface area contributed by atoms with E-state index in [-0.39, 0.29) is 11.9 Å². The monoisotopic (exact) mass is 430 g/mol. The first-order valence-corrected chi connectivity index (χ1v) is 10.9. The highest BCUT2D eigenvalue weighted by Gasteiger charge is 2.30. The average Bonchev–Trinajstić information content (AvgIpc) is 2.84. The number of nitrogens with zero attached hydrogens (tertiary/aromatic N) is 5. The van der Waals surface area contributed by atoms with Crippen LogP contribution in [0.25, 0.3) is 11.4 Å². The fraction of sp³-hybridized carbons (Fsp3) is 0.333. The summed E-state index contributed by atoms with van der Waals surface area (Å²) < 4.78 is 5.65. The van der Waals surface area contributed by atoms with Crippen LogP contribution in [-0.2, 0) is 17.7 Å². The Hall–Kier alpha value is -3.52. The largest absolute Gasteiger partial charge is 0.399 e. The van der Waals surface area contributed by atoms with Gasteiger partial charge in [-0.3, -0.25) is 9.78 Å². The molecule has 1 unspecified atom stereocenters. The van der Waals surface area contributed by atoms with Crippen LogP contribution in [0.15, 0.2) is 48.8 Å². The van der Waals surface area contributed by atoms with Crippen LogP contribution in [0.1, 0.15) is 28.5 Å². The predicted octanol–water partition coefficient (Wildman–Crippen LogP) is 2.54. The molecule has 0 spiro atoms. The Balaban J connectivity index is 1.55. The molecular weight excluding hydrogens is 404 g/mol. The molecule has 8 heteroatoms. The van der Waals surface area contributed by atoms with Crippen molar-refractivity contribution < 1.29 is 9.53 Å². The van der Waals surface area contributed by atoms with Gasteiger partial charge in [0.2, 0.25) is 0 Å². The first-order chi connectivity index (χ1) is 15.6. The van der Waals surface area contributed by atoms with Crippen molar-refractivity contribution >= 4 is 17.4 Å². The fourth-order valence-corrected chi connectivity index (χ4v) is 4.30.